The molecule has 0 atom stereocenters. The molecule has 12 heavy (non-hydrogen) atoms. The van der Waals surface area contributed by atoms with Crippen LogP contribution in [0.1, 0.15) is 5.69 Å². The van der Waals surface area contributed by atoms with Gasteiger partial charge >= 0.3 is 0 Å². The minimum Gasteiger partial charge on any atom is -0.363 e. The molecule has 0 radical (unpaired) electrons. The van der Waals surface area contributed by atoms with E-state index in [4.69, 9.17) is 17.3 Å². The number of rotatable bonds is 2. The van der Waals surface area contributed by atoms with Gasteiger partial charge in [-0.25, -0.2) is 9.97 Å². The summed E-state index contributed by atoms with van der Waals surface area (Å²) in [5.74, 6) is 0.774. The maximum Gasteiger partial charge on any atom is 0.224 e. The molecule has 0 spiro atoms. The number of nitrogens with two attached hydrogens (primary N) is 1. The Morgan fingerprint density at radius 3 is 2.67 bits per heavy atom. The van der Waals surface area contributed by atoms with Crippen molar-refractivity contribution in [2.24, 2.45) is 5.73 Å². The molecule has 2 N–H and O–H groups in total. The maximum atomic E-state index is 5.67. The zero-order chi connectivity index (χ0) is 9.14. The standard InChI is InChI=1S/C7H11ClN4/c1-12(2)6-3-5(4-9)10-7(8)11-6/h3H,4,9H2,1-2H3. The predicted molar refractivity (Wildman–Crippen MR) is 49.3 cm³/mol. The summed E-state index contributed by atoms with van der Waals surface area (Å²) in [6.45, 7) is 0.378. The Hall–Kier alpha value is -0.870. The van der Waals surface area contributed by atoms with Gasteiger partial charge in [-0.3, -0.25) is 0 Å². The first kappa shape index (κ1) is 9.22. The Bertz CT molecular complexity index is 274. The van der Waals surface area contributed by atoms with E-state index in [0.717, 1.165) is 11.5 Å². The van der Waals surface area contributed by atoms with E-state index in [0.29, 0.717) is 6.54 Å². The average molecular weight is 187 g/mol. The Morgan fingerprint density at radius 1 is 1.50 bits per heavy atom. The van der Waals surface area contributed by atoms with Crippen LogP contribution in [-0.2, 0) is 6.54 Å². The van der Waals surface area contributed by atoms with E-state index in [-0.39, 0.29) is 5.28 Å². The number of aromatic nitrogens is 2. The van der Waals surface area contributed by atoms with Crippen molar-refractivity contribution in [3.8, 4) is 0 Å². The molecule has 0 aromatic carbocycles. The first-order valence-electron chi connectivity index (χ1n) is 3.54. The van der Waals surface area contributed by atoms with Crippen molar-refractivity contribution in [1.82, 2.24) is 9.97 Å². The molecule has 1 rings (SSSR count). The highest BCUT2D eigenvalue weighted by atomic mass is 35.5. The molecule has 0 aliphatic rings. The quantitative estimate of drug-likeness (QED) is 0.690. The molecule has 1 heterocycles. The van der Waals surface area contributed by atoms with Crippen LogP contribution in [0.4, 0.5) is 5.82 Å². The molecule has 0 unspecified atom stereocenters. The van der Waals surface area contributed by atoms with Crippen LogP contribution in [0, 0.1) is 0 Å². The normalized spacial score (nSPS) is 10.0. The Morgan fingerprint density at radius 2 is 2.17 bits per heavy atom. The van der Waals surface area contributed by atoms with Crippen LogP contribution in [-0.4, -0.2) is 24.1 Å². The topological polar surface area (TPSA) is 55.0 Å². The van der Waals surface area contributed by atoms with Gasteiger partial charge in [0.05, 0.1) is 5.69 Å². The van der Waals surface area contributed by atoms with Gasteiger partial charge in [-0.1, -0.05) is 0 Å². The molecule has 1 aromatic rings. The van der Waals surface area contributed by atoms with Gasteiger partial charge in [-0.05, 0) is 11.6 Å². The first-order chi connectivity index (χ1) is 5.63. The van der Waals surface area contributed by atoms with Crippen molar-refractivity contribution in [2.45, 2.75) is 6.54 Å². The summed E-state index contributed by atoms with van der Waals surface area (Å²) < 4.78 is 0. The number of halogens is 1. The lowest BCUT2D eigenvalue weighted by molar-refractivity contribution is 0.943. The Balaban J connectivity index is 3.06. The van der Waals surface area contributed by atoms with Crippen molar-refractivity contribution in [2.75, 3.05) is 19.0 Å². The number of anilines is 1. The monoisotopic (exact) mass is 186 g/mol. The molecule has 0 fully saturated rings. The molecular weight excluding hydrogens is 176 g/mol. The fourth-order valence-corrected chi connectivity index (χ4v) is 0.980. The van der Waals surface area contributed by atoms with E-state index in [1.165, 1.54) is 0 Å². The second-order valence-corrected chi connectivity index (χ2v) is 2.92. The average Bonchev–Trinajstić information content (AvgIpc) is 2.03. The molecule has 4 nitrogen and oxygen atoms in total. The van der Waals surface area contributed by atoms with Crippen LogP contribution in [0.5, 0.6) is 0 Å². The van der Waals surface area contributed by atoms with E-state index in [1.54, 1.807) is 0 Å². The van der Waals surface area contributed by atoms with Gasteiger partial charge in [0.1, 0.15) is 5.82 Å². The number of hydrogen-bond acceptors (Lipinski definition) is 4. The Labute approximate surface area is 76.4 Å². The third-order valence-corrected chi connectivity index (χ3v) is 1.57. The zero-order valence-electron chi connectivity index (χ0n) is 7.08. The second kappa shape index (κ2) is 3.69. The zero-order valence-corrected chi connectivity index (χ0v) is 7.84. The third kappa shape index (κ3) is 2.06. The minimum atomic E-state index is 0.238. The van der Waals surface area contributed by atoms with E-state index < -0.39 is 0 Å². The van der Waals surface area contributed by atoms with Crippen molar-refractivity contribution >= 4 is 17.4 Å². The molecule has 66 valence electrons. The van der Waals surface area contributed by atoms with Crippen LogP contribution in [0.25, 0.3) is 0 Å². The summed E-state index contributed by atoms with van der Waals surface area (Å²) in [6, 6.07) is 1.81. The lowest BCUT2D eigenvalue weighted by Crippen LogP contribution is -2.12. The van der Waals surface area contributed by atoms with Crippen molar-refractivity contribution in [3.63, 3.8) is 0 Å². The van der Waals surface area contributed by atoms with Gasteiger partial charge < -0.3 is 10.6 Å². The van der Waals surface area contributed by atoms with Crippen LogP contribution >= 0.6 is 11.6 Å². The largest absolute Gasteiger partial charge is 0.363 e. The molecule has 0 saturated heterocycles. The summed E-state index contributed by atoms with van der Waals surface area (Å²) in [7, 11) is 3.78. The van der Waals surface area contributed by atoms with E-state index >= 15 is 0 Å². The van der Waals surface area contributed by atoms with E-state index in [1.807, 2.05) is 25.1 Å². The summed E-state index contributed by atoms with van der Waals surface area (Å²) in [5, 5.41) is 0.238. The molecular formula is C7H11ClN4. The van der Waals surface area contributed by atoms with Crippen molar-refractivity contribution < 1.29 is 0 Å². The van der Waals surface area contributed by atoms with Gasteiger partial charge in [0.2, 0.25) is 5.28 Å². The van der Waals surface area contributed by atoms with Gasteiger partial charge in [0.25, 0.3) is 0 Å². The predicted octanol–water partition coefficient (Wildman–Crippen LogP) is 0.655. The fourth-order valence-electron chi connectivity index (χ4n) is 0.785. The Kier molecular flexibility index (Phi) is 2.83. The van der Waals surface area contributed by atoms with Gasteiger partial charge in [-0.15, -0.1) is 0 Å². The second-order valence-electron chi connectivity index (χ2n) is 2.59. The van der Waals surface area contributed by atoms with E-state index in [2.05, 4.69) is 9.97 Å². The molecule has 0 bridgehead atoms. The molecule has 0 aliphatic heterocycles. The smallest absolute Gasteiger partial charge is 0.224 e. The van der Waals surface area contributed by atoms with E-state index in [9.17, 15) is 0 Å². The highest BCUT2D eigenvalue weighted by Crippen LogP contribution is 2.11. The summed E-state index contributed by atoms with van der Waals surface area (Å²) in [6.07, 6.45) is 0. The van der Waals surface area contributed by atoms with Gasteiger partial charge in [0, 0.05) is 26.7 Å². The first-order valence-corrected chi connectivity index (χ1v) is 3.92. The SMILES string of the molecule is CN(C)c1cc(CN)nc(Cl)n1. The maximum absolute atomic E-state index is 5.67. The highest BCUT2D eigenvalue weighted by Gasteiger charge is 2.02. The highest BCUT2D eigenvalue weighted by molar-refractivity contribution is 6.28. The summed E-state index contributed by atoms with van der Waals surface area (Å²) in [5.41, 5.74) is 6.17. The molecule has 0 amide bonds. The third-order valence-electron chi connectivity index (χ3n) is 1.41. The van der Waals surface area contributed by atoms with Crippen molar-refractivity contribution in [3.05, 3.63) is 17.0 Å². The van der Waals surface area contributed by atoms with Gasteiger partial charge in [0.15, 0.2) is 0 Å². The fraction of sp³-hybridized carbons (Fsp3) is 0.429. The molecule has 0 saturated carbocycles. The van der Waals surface area contributed by atoms with Gasteiger partial charge in [-0.2, -0.15) is 0 Å². The van der Waals surface area contributed by atoms with Crippen LogP contribution < -0.4 is 10.6 Å². The number of nitrogens with zero attached hydrogens (tertiary/aromatic N) is 3. The molecule has 1 aromatic heterocycles. The lowest BCUT2D eigenvalue weighted by atomic mass is 10.4. The van der Waals surface area contributed by atoms with Crippen LogP contribution in [0.15, 0.2) is 6.07 Å². The van der Waals surface area contributed by atoms with Crippen molar-refractivity contribution in [1.29, 1.82) is 0 Å². The molecule has 0 aliphatic carbocycles. The summed E-state index contributed by atoms with van der Waals surface area (Å²) in [4.78, 5) is 9.80. The van der Waals surface area contributed by atoms with Crippen LogP contribution in [0.2, 0.25) is 5.28 Å². The lowest BCUT2D eigenvalue weighted by Gasteiger charge is -2.11. The minimum absolute atomic E-state index is 0.238. The molecule has 5 heteroatoms. The summed E-state index contributed by atoms with van der Waals surface area (Å²) >= 11 is 5.67. The number of hydrogen-bond donors (Lipinski definition) is 1. The van der Waals surface area contributed by atoms with Crippen LogP contribution in [0.3, 0.4) is 0 Å².